The highest BCUT2D eigenvalue weighted by atomic mass is 16.2. The van der Waals surface area contributed by atoms with Gasteiger partial charge in [-0.3, -0.25) is 0 Å². The van der Waals surface area contributed by atoms with Crippen LogP contribution >= 0.6 is 0 Å². The molecule has 1 aliphatic carbocycles. The Balaban J connectivity index is 1.70. The summed E-state index contributed by atoms with van der Waals surface area (Å²) >= 11 is 0. The second-order valence-corrected chi connectivity index (χ2v) is 7.58. The largest absolute Gasteiger partial charge is 0.334 e. The van der Waals surface area contributed by atoms with Gasteiger partial charge in [0.05, 0.1) is 0 Å². The zero-order valence-corrected chi connectivity index (χ0v) is 15.5. The minimum absolute atomic E-state index is 0.0987. The van der Waals surface area contributed by atoms with Crippen molar-refractivity contribution in [2.24, 2.45) is 0 Å². The molecule has 1 saturated carbocycles. The third kappa shape index (κ3) is 4.04. The van der Waals surface area contributed by atoms with Crippen molar-refractivity contribution >= 4 is 11.7 Å². The first-order valence-corrected chi connectivity index (χ1v) is 9.22. The topological polar surface area (TPSA) is 41.1 Å². The van der Waals surface area contributed by atoms with E-state index in [-0.39, 0.29) is 12.1 Å². The van der Waals surface area contributed by atoms with E-state index in [0.717, 1.165) is 12.1 Å². The Morgan fingerprint density at radius 1 is 0.920 bits per heavy atom. The van der Waals surface area contributed by atoms with Crippen LogP contribution in [0.2, 0.25) is 0 Å². The maximum absolute atomic E-state index is 12.6. The van der Waals surface area contributed by atoms with Gasteiger partial charge in [0.25, 0.3) is 0 Å². The van der Waals surface area contributed by atoms with Gasteiger partial charge >= 0.3 is 6.03 Å². The second-order valence-electron chi connectivity index (χ2n) is 7.58. The van der Waals surface area contributed by atoms with Gasteiger partial charge in [-0.05, 0) is 34.9 Å². The van der Waals surface area contributed by atoms with Gasteiger partial charge in [-0.2, -0.15) is 0 Å². The number of rotatable bonds is 5. The van der Waals surface area contributed by atoms with E-state index in [1.54, 1.807) is 0 Å². The molecule has 0 bridgehead atoms. The van der Waals surface area contributed by atoms with Gasteiger partial charge < -0.3 is 10.6 Å². The zero-order valence-electron chi connectivity index (χ0n) is 15.5. The number of carbonyl (C=O) groups is 1. The van der Waals surface area contributed by atoms with Gasteiger partial charge in [0, 0.05) is 17.6 Å². The van der Waals surface area contributed by atoms with Crippen molar-refractivity contribution < 1.29 is 4.79 Å². The summed E-state index contributed by atoms with van der Waals surface area (Å²) in [5.41, 5.74) is 4.66. The molecule has 0 aliphatic heterocycles. The van der Waals surface area contributed by atoms with Crippen molar-refractivity contribution in [3.63, 3.8) is 0 Å². The van der Waals surface area contributed by atoms with Crippen LogP contribution in [-0.2, 0) is 0 Å². The number of benzene rings is 2. The molecular formula is C22H28N2O. The predicted molar refractivity (Wildman–Crippen MR) is 104 cm³/mol. The Kier molecular flexibility index (Phi) is 5.12. The number of hydrogen-bond acceptors (Lipinski definition) is 1. The molecular weight excluding hydrogens is 308 g/mol. The van der Waals surface area contributed by atoms with E-state index in [9.17, 15) is 4.79 Å². The lowest BCUT2D eigenvalue weighted by molar-refractivity contribution is 0.251. The molecule has 0 saturated heterocycles. The number of amides is 2. The van der Waals surface area contributed by atoms with Crippen molar-refractivity contribution in [3.05, 3.63) is 65.2 Å². The third-order valence-corrected chi connectivity index (χ3v) is 4.95. The fourth-order valence-electron chi connectivity index (χ4n) is 3.44. The van der Waals surface area contributed by atoms with Crippen LogP contribution in [0.5, 0.6) is 0 Å². The van der Waals surface area contributed by atoms with Crippen LogP contribution in [0.4, 0.5) is 10.5 Å². The third-order valence-electron chi connectivity index (χ3n) is 4.95. The SMILES string of the molecule is CC(C)c1cccc(C(C)C)c1NC(=O)NC1CC1c1ccccc1. The second kappa shape index (κ2) is 7.30. The van der Waals surface area contributed by atoms with Crippen LogP contribution in [0.25, 0.3) is 0 Å². The molecule has 2 aromatic rings. The van der Waals surface area contributed by atoms with Crippen molar-refractivity contribution in [1.29, 1.82) is 0 Å². The highest BCUT2D eigenvalue weighted by Crippen LogP contribution is 2.40. The molecule has 2 N–H and O–H groups in total. The molecule has 0 spiro atoms. The molecule has 2 unspecified atom stereocenters. The number of carbonyl (C=O) groups excluding carboxylic acids is 1. The Morgan fingerprint density at radius 3 is 2.08 bits per heavy atom. The Hall–Kier alpha value is -2.29. The van der Waals surface area contributed by atoms with E-state index in [4.69, 9.17) is 0 Å². The number of nitrogens with one attached hydrogen (secondary N) is 2. The van der Waals surface area contributed by atoms with E-state index < -0.39 is 0 Å². The fourth-order valence-corrected chi connectivity index (χ4v) is 3.44. The van der Waals surface area contributed by atoms with Gasteiger partial charge in [-0.15, -0.1) is 0 Å². The molecule has 3 nitrogen and oxygen atoms in total. The molecule has 2 aromatic carbocycles. The quantitative estimate of drug-likeness (QED) is 0.732. The van der Waals surface area contributed by atoms with Gasteiger partial charge in [0.15, 0.2) is 0 Å². The maximum Gasteiger partial charge on any atom is 0.319 e. The van der Waals surface area contributed by atoms with Gasteiger partial charge in [-0.1, -0.05) is 76.2 Å². The normalized spacial score (nSPS) is 19.1. The van der Waals surface area contributed by atoms with Crippen LogP contribution in [0.3, 0.4) is 0 Å². The first-order chi connectivity index (χ1) is 12.0. The molecule has 0 heterocycles. The van der Waals surface area contributed by atoms with Crippen molar-refractivity contribution in [2.75, 3.05) is 5.32 Å². The lowest BCUT2D eigenvalue weighted by Crippen LogP contribution is -2.32. The summed E-state index contributed by atoms with van der Waals surface area (Å²) in [4.78, 5) is 12.6. The highest BCUT2D eigenvalue weighted by molar-refractivity contribution is 5.92. The Labute approximate surface area is 150 Å². The monoisotopic (exact) mass is 336 g/mol. The molecule has 3 heteroatoms. The summed E-state index contributed by atoms with van der Waals surface area (Å²) in [5, 5.41) is 6.27. The smallest absolute Gasteiger partial charge is 0.319 e. The predicted octanol–water partition coefficient (Wildman–Crippen LogP) is 5.61. The van der Waals surface area contributed by atoms with Crippen LogP contribution in [0.15, 0.2) is 48.5 Å². The lowest BCUT2D eigenvalue weighted by atomic mass is 9.93. The van der Waals surface area contributed by atoms with Crippen molar-refractivity contribution in [1.82, 2.24) is 5.32 Å². The van der Waals surface area contributed by atoms with E-state index in [0.29, 0.717) is 17.8 Å². The molecule has 3 rings (SSSR count). The van der Waals surface area contributed by atoms with Crippen LogP contribution in [0, 0.1) is 0 Å². The van der Waals surface area contributed by atoms with Gasteiger partial charge in [0.2, 0.25) is 0 Å². The average molecular weight is 336 g/mol. The number of hydrogen-bond donors (Lipinski definition) is 2. The Bertz CT molecular complexity index is 711. The Morgan fingerprint density at radius 2 is 1.52 bits per heavy atom. The van der Waals surface area contributed by atoms with Crippen molar-refractivity contribution in [3.8, 4) is 0 Å². The standard InChI is InChI=1S/C22H28N2O/c1-14(2)17-11-8-12-18(15(3)4)21(17)24-22(25)23-20-13-19(20)16-9-6-5-7-10-16/h5-12,14-15,19-20H,13H2,1-4H3,(H2,23,24,25). The molecule has 25 heavy (non-hydrogen) atoms. The molecule has 1 fully saturated rings. The first kappa shape index (κ1) is 17.5. The van der Waals surface area contributed by atoms with E-state index >= 15 is 0 Å². The van der Waals surface area contributed by atoms with Gasteiger partial charge in [0.1, 0.15) is 0 Å². The number of para-hydroxylation sites is 1. The number of anilines is 1. The maximum atomic E-state index is 12.6. The fraction of sp³-hybridized carbons (Fsp3) is 0.409. The molecule has 2 amide bonds. The van der Waals surface area contributed by atoms with Crippen molar-refractivity contribution in [2.45, 2.75) is 57.9 Å². The van der Waals surface area contributed by atoms with E-state index in [2.05, 4.69) is 80.8 Å². The molecule has 132 valence electrons. The summed E-state index contributed by atoms with van der Waals surface area (Å²) < 4.78 is 0. The summed E-state index contributed by atoms with van der Waals surface area (Å²) in [6.45, 7) is 8.65. The van der Waals surface area contributed by atoms with Crippen LogP contribution in [-0.4, -0.2) is 12.1 Å². The highest BCUT2D eigenvalue weighted by Gasteiger charge is 2.39. The van der Waals surface area contributed by atoms with Gasteiger partial charge in [-0.25, -0.2) is 4.79 Å². The summed E-state index contributed by atoms with van der Waals surface area (Å²) in [6.07, 6.45) is 1.01. The molecule has 1 aliphatic rings. The zero-order chi connectivity index (χ0) is 18.0. The lowest BCUT2D eigenvalue weighted by Gasteiger charge is -2.20. The minimum Gasteiger partial charge on any atom is -0.334 e. The first-order valence-electron chi connectivity index (χ1n) is 9.22. The molecule has 2 atom stereocenters. The summed E-state index contributed by atoms with van der Waals surface area (Å²) in [7, 11) is 0. The molecule has 0 radical (unpaired) electrons. The van der Waals surface area contributed by atoms with E-state index in [1.807, 2.05) is 6.07 Å². The van der Waals surface area contributed by atoms with Crippen LogP contribution < -0.4 is 10.6 Å². The van der Waals surface area contributed by atoms with E-state index in [1.165, 1.54) is 16.7 Å². The number of urea groups is 1. The summed E-state index contributed by atoms with van der Waals surface area (Å²) in [5.74, 6) is 1.18. The average Bonchev–Trinajstić information content (AvgIpc) is 3.34. The summed E-state index contributed by atoms with van der Waals surface area (Å²) in [6, 6.07) is 16.8. The molecule has 0 aromatic heterocycles. The van der Waals surface area contributed by atoms with Crippen LogP contribution in [0.1, 0.15) is 68.6 Å². The minimum atomic E-state index is -0.0987.